The third kappa shape index (κ3) is 21.7. The molecule has 0 bridgehead atoms. The molecule has 0 amide bonds. The molecule has 48 heteroatoms. The number of imidazole rings is 3. The van der Waals surface area contributed by atoms with Gasteiger partial charge in [0.15, 0.2) is 50.1 Å². The SMILES string of the molecule is C=C1[C@H](CO)[C@@H](O[Si](C)(C)C(C)(C)C)C[C@@H]1n1cnc2c(=O)[nH]c(N)nc21.C=C1[C@H](CO[P@]2(=O)OCC[C@H](c3cc(F)ccc3Cl)O2)[C@@H](O)C[C@@H]1n1cnc2c(=O)[nH]c(N)nc21.C=C1[C@H](CO[P@]2(=O)OCC[C@H](c3cc(F)ccc3Cl)O2)[C@@H](O[Si](C)(C)C(C)(C)C)C[C@@H]1n1cnc2c(=O)[nH]c(N)nc21.O=[N+]([O-])c1ccc(OP2(=O)OCC[C@H](c3cc(F)ccc3Cl)O2)cc1. The van der Waals surface area contributed by atoms with Gasteiger partial charge in [0.05, 0.1) is 118 Å². The Morgan fingerprint density at radius 2 is 0.876 bits per heavy atom. The second-order valence-corrected chi connectivity index (χ2v) is 50.2. The highest BCUT2D eigenvalue weighted by Crippen LogP contribution is 2.62. The Bertz CT molecular complexity index is 6280. The quantitative estimate of drug-likeness (QED) is 0.0115. The molecule has 10 aromatic rings. The summed E-state index contributed by atoms with van der Waals surface area (Å²) in [6, 6.07) is 15.6. The third-order valence-electron chi connectivity index (χ3n) is 24.2. The van der Waals surface area contributed by atoms with Crippen molar-refractivity contribution >= 4 is 132 Å². The van der Waals surface area contributed by atoms with Crippen molar-refractivity contribution in [1.82, 2.24) is 58.6 Å². The summed E-state index contributed by atoms with van der Waals surface area (Å²) in [7, 11) is -16.4. The van der Waals surface area contributed by atoms with E-state index in [1.165, 1.54) is 91.5 Å². The van der Waals surface area contributed by atoms with E-state index in [0.717, 1.165) is 11.1 Å². The summed E-state index contributed by atoms with van der Waals surface area (Å²) >= 11 is 18.5. The van der Waals surface area contributed by atoms with Gasteiger partial charge in [-0.15, -0.1) is 0 Å². The van der Waals surface area contributed by atoms with E-state index in [4.69, 9.17) is 102 Å². The zero-order valence-corrected chi connectivity index (χ0v) is 78.7. The lowest BCUT2D eigenvalue weighted by Gasteiger charge is -2.40. The van der Waals surface area contributed by atoms with Gasteiger partial charge in [-0.3, -0.25) is 75.6 Å². The molecule has 3 saturated heterocycles. The number of nitrogens with two attached hydrogens (primary N) is 3. The summed E-state index contributed by atoms with van der Waals surface area (Å²) in [5.41, 5.74) is 20.5. The number of hydrogen-bond acceptors (Lipinski definition) is 30. The van der Waals surface area contributed by atoms with Crippen LogP contribution in [0.2, 0.25) is 51.3 Å². The number of nitro benzene ring substituents is 1. The first kappa shape index (κ1) is 97.6. The zero-order valence-electron chi connectivity index (χ0n) is 71.7. The van der Waals surface area contributed by atoms with Gasteiger partial charge in [-0.1, -0.05) is 96.1 Å². The third-order valence-corrected chi connectivity index (χ3v) is 38.6. The van der Waals surface area contributed by atoms with Gasteiger partial charge in [0.1, 0.15) is 23.2 Å². The van der Waals surface area contributed by atoms with Gasteiger partial charge < -0.3 is 54.5 Å². The van der Waals surface area contributed by atoms with Gasteiger partial charge in [-0.2, -0.15) is 15.0 Å². The molecule has 37 nitrogen and oxygen atoms in total. The number of nitro groups is 1. The highest BCUT2D eigenvalue weighted by atomic mass is 35.5. The number of rotatable bonds is 20. The second kappa shape index (κ2) is 38.7. The van der Waals surface area contributed by atoms with Gasteiger partial charge >= 0.3 is 23.5 Å². The van der Waals surface area contributed by atoms with E-state index in [1.807, 2.05) is 4.57 Å². The molecule has 6 fully saturated rings. The topological polar surface area (TPSA) is 505 Å². The minimum absolute atomic E-state index is 0.0236. The Hall–Kier alpha value is -8.95. The summed E-state index contributed by atoms with van der Waals surface area (Å²) < 4.78 is 149. The number of phosphoric acid groups is 3. The summed E-state index contributed by atoms with van der Waals surface area (Å²) in [5, 5.41) is 32.2. The van der Waals surface area contributed by atoms with Crippen molar-refractivity contribution in [3.63, 3.8) is 0 Å². The maximum atomic E-state index is 13.9. The number of nitrogen functional groups attached to an aromatic ring is 3. The van der Waals surface area contributed by atoms with Gasteiger partial charge in [0.2, 0.25) is 17.8 Å². The van der Waals surface area contributed by atoms with Gasteiger partial charge in [-0.25, -0.2) is 41.8 Å². The normalized spacial score (nSPS) is 26.3. The molecule has 16 rings (SSSR count). The Morgan fingerprint density at radius 1 is 0.543 bits per heavy atom. The van der Waals surface area contributed by atoms with Crippen LogP contribution >= 0.6 is 58.3 Å². The number of benzene rings is 4. The van der Waals surface area contributed by atoms with Gasteiger partial charge in [0, 0.05) is 80.9 Å². The summed E-state index contributed by atoms with van der Waals surface area (Å²) in [5.74, 6) is -2.63. The lowest BCUT2D eigenvalue weighted by molar-refractivity contribution is -0.384. The van der Waals surface area contributed by atoms with Gasteiger partial charge in [-0.05, 0) is 139 Å². The molecule has 4 aromatic carbocycles. The predicted molar refractivity (Wildman–Crippen MR) is 480 cm³/mol. The van der Waals surface area contributed by atoms with E-state index in [-0.39, 0.29) is 153 Å². The Kier molecular flexibility index (Phi) is 29.3. The standard InChI is InChI=1S/C27H36ClFN5O6PSi.C21H22ClFN5O6P.C18H29N5O3Si.C15H12ClFNO6P/c1-15-18(13-38-41(36)37-10-9-21(39-41)17-11-16(29)7-8-19(17)28)22(40-42(5,6)27(2,3)4)12-20(15)34-14-31-23-24(34)32-26(30)33-25(23)35;1-10-13(16(29)7-15(10)28-9-25-18-19(28)26-21(24)27-20(18)30)8-33-35(31)32-5-4-17(34-35)12-6-11(23)2-3-14(12)22;1-10-11(8-24)13(26-27(5,6)18(2,3)4)7-12(10)23-9-20-14-15(23)21-17(19)22-16(14)25;16-14-6-1-10(17)9-13(14)15-7-8-22-25(21,24-15)23-12-4-2-11(3-5-12)18(19)20/h7-8,11,14,18,20-22H,1,9-10,12-13H2,2-6H3,(H3,30,32,33,35);2-3,6,9,13,15-17,29H,1,4-5,7-8H2,(H3,24,26,27,30);9,11-13,24H,1,7-8H2,2-6H3,(H3,19,21,22,25);1-6,9,15H,7-8H2/t18-,20-,21+,22-,41-;13-,15-,16-,17+,35-;11-,12-,13-;15-,25?/m0001/s1. The van der Waals surface area contributed by atoms with Crippen LogP contribution in [0.3, 0.4) is 0 Å². The Labute approximate surface area is 753 Å². The van der Waals surface area contributed by atoms with Crippen LogP contribution in [0, 0.1) is 45.3 Å². The average Bonchev–Trinajstić information content (AvgIpc) is 1.64. The highest BCUT2D eigenvalue weighted by molar-refractivity contribution is 7.49. The first-order valence-electron chi connectivity index (χ1n) is 40.8. The number of halogens is 6. The van der Waals surface area contributed by atoms with E-state index in [0.29, 0.717) is 70.7 Å². The molecule has 1 unspecified atom stereocenters. The zero-order chi connectivity index (χ0) is 93.7. The fourth-order valence-electron chi connectivity index (χ4n) is 15.2. The highest BCUT2D eigenvalue weighted by Gasteiger charge is 2.51. The van der Waals surface area contributed by atoms with Crippen LogP contribution in [-0.2, 0) is 58.7 Å². The van der Waals surface area contributed by atoms with Crippen LogP contribution in [0.5, 0.6) is 5.75 Å². The maximum absolute atomic E-state index is 13.9. The van der Waals surface area contributed by atoms with E-state index >= 15 is 0 Å². The largest absolute Gasteiger partial charge is 0.530 e. The molecular formula is C81H99Cl3F3N16O21P3Si2. The number of aliphatic hydroxyl groups is 2. The van der Waals surface area contributed by atoms with Crippen molar-refractivity contribution in [2.75, 3.05) is 56.8 Å². The maximum Gasteiger partial charge on any atom is 0.530 e. The predicted octanol–water partition coefficient (Wildman–Crippen LogP) is 16.8. The molecule has 3 saturated carbocycles. The number of hydrogen-bond donors (Lipinski definition) is 8. The van der Waals surface area contributed by atoms with E-state index in [1.54, 1.807) is 15.5 Å². The molecule has 11 N–H and O–H groups in total. The summed E-state index contributed by atoms with van der Waals surface area (Å²) in [6.45, 7) is 34.3. The van der Waals surface area contributed by atoms with Crippen molar-refractivity contribution in [2.45, 2.75) is 171 Å². The molecule has 9 heterocycles. The lowest BCUT2D eigenvalue weighted by atomic mass is 10.0. The molecule has 6 aliphatic rings. The van der Waals surface area contributed by atoms with Crippen LogP contribution < -0.4 is 38.4 Å². The number of phosphoric ester groups is 3. The van der Waals surface area contributed by atoms with Crippen LogP contribution in [-0.4, -0.2) is 148 Å². The smallest absolute Gasteiger partial charge is 0.413 e. The van der Waals surface area contributed by atoms with Crippen molar-refractivity contribution in [2.24, 2.45) is 17.8 Å². The monoisotopic (exact) mass is 1940 g/mol. The van der Waals surface area contributed by atoms with Crippen LogP contribution in [0.15, 0.2) is 149 Å². The van der Waals surface area contributed by atoms with E-state index in [9.17, 15) is 61.6 Å². The summed E-state index contributed by atoms with van der Waals surface area (Å²) in [4.78, 5) is 79.2. The van der Waals surface area contributed by atoms with E-state index in [2.05, 4.69) is 132 Å². The fourth-order valence-corrected chi connectivity index (χ4v) is 22.9. The van der Waals surface area contributed by atoms with Crippen molar-refractivity contribution in [3.8, 4) is 5.75 Å². The summed E-state index contributed by atoms with van der Waals surface area (Å²) in [6.07, 6.45) is 3.19. The molecule has 0 radical (unpaired) electrons. The first-order valence-corrected chi connectivity index (χ1v) is 52.1. The fraction of sp³-hybridized carbons (Fsp3) is 0.444. The number of nitrogens with zero attached hydrogens (tertiary/aromatic N) is 10. The number of anilines is 3. The number of nitrogens with one attached hydrogen (secondary N) is 3. The minimum Gasteiger partial charge on any atom is -0.413 e. The molecule has 3 aliphatic heterocycles. The number of aromatic amines is 3. The Balaban J connectivity index is 0.000000150. The molecule has 15 atom stereocenters. The molecule has 6 aromatic heterocycles. The van der Waals surface area contributed by atoms with Crippen LogP contribution in [0.1, 0.15) is 133 Å². The average molecular weight is 1950 g/mol. The van der Waals surface area contributed by atoms with Crippen molar-refractivity contribution in [1.29, 1.82) is 0 Å². The lowest BCUT2D eigenvalue weighted by Crippen LogP contribution is -2.45. The molecule has 129 heavy (non-hydrogen) atoms. The van der Waals surface area contributed by atoms with Gasteiger partial charge in [0.25, 0.3) is 22.4 Å². The van der Waals surface area contributed by atoms with Crippen molar-refractivity contribution < 1.29 is 91.6 Å². The first-order chi connectivity index (χ1) is 60.6. The van der Waals surface area contributed by atoms with Crippen molar-refractivity contribution in [3.05, 3.63) is 225 Å². The molecule has 694 valence electrons. The number of H-pyrrole nitrogens is 3. The molecular weight excluding hydrogens is 1850 g/mol. The number of aliphatic hydroxyl groups excluding tert-OH is 2. The van der Waals surface area contributed by atoms with Crippen LogP contribution in [0.4, 0.5) is 36.7 Å². The van der Waals surface area contributed by atoms with E-state index < -0.39 is 116 Å². The number of aromatic nitrogens is 12. The second-order valence-electron chi connectivity index (χ2n) is 34.6. The number of non-ortho nitro benzene ring substituents is 1. The number of fused-ring (bicyclic) bond motifs is 3. The molecule has 0 spiro atoms. The minimum atomic E-state index is -4.05. The van der Waals surface area contributed by atoms with Crippen LogP contribution in [0.25, 0.3) is 33.5 Å². The molecule has 3 aliphatic carbocycles. The Morgan fingerprint density at radius 3 is 1.24 bits per heavy atom.